The fourth-order valence-corrected chi connectivity index (χ4v) is 2.16. The maximum atomic E-state index is 10.2. The maximum Gasteiger partial charge on any atom is 0.107 e. The number of hydrogen-bond acceptors (Lipinski definition) is 2. The van der Waals surface area contributed by atoms with Crippen LogP contribution >= 0.6 is 15.9 Å². The molecule has 0 fully saturated rings. The van der Waals surface area contributed by atoms with Gasteiger partial charge in [0.1, 0.15) is 6.10 Å². The topological polar surface area (TPSA) is 38.0 Å². The molecule has 3 nitrogen and oxygen atoms in total. The average molecular weight is 295 g/mol. The second-order valence-electron chi connectivity index (χ2n) is 3.99. The Morgan fingerprint density at radius 1 is 1.41 bits per heavy atom. The van der Waals surface area contributed by atoms with Gasteiger partial charge in [0.2, 0.25) is 0 Å². The van der Waals surface area contributed by atoms with Gasteiger partial charge in [-0.15, -0.1) is 0 Å². The number of benzene rings is 1. The Morgan fingerprint density at radius 3 is 2.94 bits per heavy atom. The average Bonchev–Trinajstić information content (AvgIpc) is 2.77. The molecule has 0 saturated heterocycles. The summed E-state index contributed by atoms with van der Waals surface area (Å²) in [6, 6.07) is 7.68. The molecule has 2 aromatic rings. The molecule has 0 aliphatic heterocycles. The van der Waals surface area contributed by atoms with E-state index in [-0.39, 0.29) is 0 Å². The van der Waals surface area contributed by atoms with Crippen molar-refractivity contribution in [3.63, 3.8) is 0 Å². The van der Waals surface area contributed by atoms with Crippen molar-refractivity contribution in [1.29, 1.82) is 0 Å². The molecule has 0 bridgehead atoms. The van der Waals surface area contributed by atoms with Crippen molar-refractivity contribution in [2.45, 2.75) is 26.0 Å². The summed E-state index contributed by atoms with van der Waals surface area (Å²) in [6.07, 6.45) is 4.04. The Balaban J connectivity index is 2.21. The first-order chi connectivity index (χ1) is 8.20. The molecule has 1 unspecified atom stereocenters. The van der Waals surface area contributed by atoms with Crippen LogP contribution < -0.4 is 0 Å². The summed E-state index contributed by atoms with van der Waals surface area (Å²) in [5.74, 6) is 0. The van der Waals surface area contributed by atoms with E-state index in [0.717, 1.165) is 28.6 Å². The van der Waals surface area contributed by atoms with E-state index in [0.29, 0.717) is 0 Å². The zero-order chi connectivity index (χ0) is 12.3. The van der Waals surface area contributed by atoms with E-state index in [2.05, 4.69) is 28.0 Å². The molecular weight excluding hydrogens is 280 g/mol. The van der Waals surface area contributed by atoms with Gasteiger partial charge in [-0.25, -0.2) is 0 Å². The van der Waals surface area contributed by atoms with Gasteiger partial charge >= 0.3 is 0 Å². The molecular formula is C13H15BrN2O. The monoisotopic (exact) mass is 294 g/mol. The zero-order valence-corrected chi connectivity index (χ0v) is 11.3. The summed E-state index contributed by atoms with van der Waals surface area (Å²) >= 11 is 3.40. The molecule has 0 amide bonds. The van der Waals surface area contributed by atoms with E-state index in [1.807, 2.05) is 35.1 Å². The predicted molar refractivity (Wildman–Crippen MR) is 70.7 cm³/mol. The molecule has 1 aromatic heterocycles. The van der Waals surface area contributed by atoms with E-state index in [4.69, 9.17) is 0 Å². The molecule has 0 aliphatic carbocycles. The molecule has 1 aromatic carbocycles. The van der Waals surface area contributed by atoms with Crippen LogP contribution in [-0.4, -0.2) is 14.9 Å². The van der Waals surface area contributed by atoms with Crippen molar-refractivity contribution in [3.05, 3.63) is 52.3 Å². The summed E-state index contributed by atoms with van der Waals surface area (Å²) in [7, 11) is 0. The molecule has 0 saturated carbocycles. The van der Waals surface area contributed by atoms with Crippen molar-refractivity contribution in [2.75, 3.05) is 0 Å². The summed E-state index contributed by atoms with van der Waals surface area (Å²) < 4.78 is 2.83. The van der Waals surface area contributed by atoms with Gasteiger partial charge in [-0.2, -0.15) is 5.10 Å². The highest BCUT2D eigenvalue weighted by Crippen LogP contribution is 2.23. The van der Waals surface area contributed by atoms with Crippen LogP contribution in [0.3, 0.4) is 0 Å². The van der Waals surface area contributed by atoms with Crippen LogP contribution in [-0.2, 0) is 6.54 Å². The van der Waals surface area contributed by atoms with E-state index in [9.17, 15) is 5.11 Å². The molecule has 4 heteroatoms. The van der Waals surface area contributed by atoms with Gasteiger partial charge in [0.25, 0.3) is 0 Å². The lowest BCUT2D eigenvalue weighted by Gasteiger charge is -2.08. The molecule has 17 heavy (non-hydrogen) atoms. The third-order valence-electron chi connectivity index (χ3n) is 2.59. The third kappa shape index (κ3) is 2.96. The molecule has 90 valence electrons. The lowest BCUT2D eigenvalue weighted by molar-refractivity contribution is 0.220. The van der Waals surface area contributed by atoms with Gasteiger partial charge in [0.15, 0.2) is 0 Å². The second kappa shape index (κ2) is 5.47. The van der Waals surface area contributed by atoms with Crippen LogP contribution in [0.4, 0.5) is 0 Å². The molecule has 1 heterocycles. The lowest BCUT2D eigenvalue weighted by Crippen LogP contribution is -1.99. The van der Waals surface area contributed by atoms with Crippen LogP contribution in [0, 0.1) is 0 Å². The summed E-state index contributed by atoms with van der Waals surface area (Å²) in [6.45, 7) is 2.98. The quantitative estimate of drug-likeness (QED) is 0.941. The van der Waals surface area contributed by atoms with Crippen LogP contribution in [0.2, 0.25) is 0 Å². The minimum absolute atomic E-state index is 0.613. The van der Waals surface area contributed by atoms with Gasteiger partial charge in [-0.05, 0) is 24.1 Å². The molecule has 1 N–H and O–H groups in total. The van der Waals surface area contributed by atoms with Gasteiger partial charge in [-0.1, -0.05) is 35.0 Å². The SMILES string of the molecule is CCCn1cc(C(O)c2cccc(Br)c2)cn1. The van der Waals surface area contributed by atoms with Crippen LogP contribution in [0.1, 0.15) is 30.6 Å². The molecule has 1 atom stereocenters. The number of halogens is 1. The Labute approximate surface area is 109 Å². The fourth-order valence-electron chi connectivity index (χ4n) is 1.74. The number of aliphatic hydroxyl groups excluding tert-OH is 1. The Hall–Kier alpha value is -1.13. The van der Waals surface area contributed by atoms with Gasteiger partial charge in [0.05, 0.1) is 6.20 Å². The molecule has 0 radical (unpaired) electrons. The van der Waals surface area contributed by atoms with E-state index < -0.39 is 6.10 Å². The van der Waals surface area contributed by atoms with Crippen molar-refractivity contribution in [2.24, 2.45) is 0 Å². The predicted octanol–water partition coefficient (Wildman–Crippen LogP) is 3.14. The highest BCUT2D eigenvalue weighted by atomic mass is 79.9. The summed E-state index contributed by atoms with van der Waals surface area (Å²) in [5, 5.41) is 14.4. The van der Waals surface area contributed by atoms with Gasteiger partial charge in [-0.3, -0.25) is 4.68 Å². The summed E-state index contributed by atoms with van der Waals surface area (Å²) in [5.41, 5.74) is 1.70. The molecule has 0 spiro atoms. The van der Waals surface area contributed by atoms with Gasteiger partial charge in [0, 0.05) is 22.8 Å². The maximum absolute atomic E-state index is 10.2. The number of rotatable bonds is 4. The standard InChI is InChI=1S/C13H15BrN2O/c1-2-6-16-9-11(8-15-16)13(17)10-4-3-5-12(14)7-10/h3-5,7-9,13,17H,2,6H2,1H3. The fraction of sp³-hybridized carbons (Fsp3) is 0.308. The first kappa shape index (κ1) is 12.3. The van der Waals surface area contributed by atoms with Crippen molar-refractivity contribution >= 4 is 15.9 Å². The van der Waals surface area contributed by atoms with Crippen molar-refractivity contribution in [3.8, 4) is 0 Å². The number of nitrogens with zero attached hydrogens (tertiary/aromatic N) is 2. The van der Waals surface area contributed by atoms with Crippen LogP contribution in [0.5, 0.6) is 0 Å². The number of aromatic nitrogens is 2. The molecule has 2 rings (SSSR count). The Morgan fingerprint density at radius 2 is 2.24 bits per heavy atom. The van der Waals surface area contributed by atoms with Crippen molar-refractivity contribution in [1.82, 2.24) is 9.78 Å². The zero-order valence-electron chi connectivity index (χ0n) is 9.68. The largest absolute Gasteiger partial charge is 0.384 e. The first-order valence-corrected chi connectivity index (χ1v) is 6.46. The second-order valence-corrected chi connectivity index (χ2v) is 4.91. The normalized spacial score (nSPS) is 12.6. The van der Waals surface area contributed by atoms with E-state index in [1.165, 1.54) is 0 Å². The minimum atomic E-state index is -0.613. The highest BCUT2D eigenvalue weighted by Gasteiger charge is 2.12. The first-order valence-electron chi connectivity index (χ1n) is 5.66. The highest BCUT2D eigenvalue weighted by molar-refractivity contribution is 9.10. The smallest absolute Gasteiger partial charge is 0.107 e. The number of hydrogen-bond donors (Lipinski definition) is 1. The van der Waals surface area contributed by atoms with Crippen molar-refractivity contribution < 1.29 is 5.11 Å². The molecule has 0 aliphatic rings. The number of aliphatic hydroxyl groups is 1. The Kier molecular flexibility index (Phi) is 3.97. The Bertz CT molecular complexity index is 496. The van der Waals surface area contributed by atoms with Crippen LogP contribution in [0.25, 0.3) is 0 Å². The van der Waals surface area contributed by atoms with Crippen LogP contribution in [0.15, 0.2) is 41.1 Å². The summed E-state index contributed by atoms with van der Waals surface area (Å²) in [4.78, 5) is 0. The van der Waals surface area contributed by atoms with E-state index >= 15 is 0 Å². The van der Waals surface area contributed by atoms with Gasteiger partial charge < -0.3 is 5.11 Å². The number of aryl methyl sites for hydroxylation is 1. The van der Waals surface area contributed by atoms with E-state index in [1.54, 1.807) is 6.20 Å². The third-order valence-corrected chi connectivity index (χ3v) is 3.08. The minimum Gasteiger partial charge on any atom is -0.384 e. The lowest BCUT2D eigenvalue weighted by atomic mass is 10.1.